The first-order valence-electron chi connectivity index (χ1n) is 5.40. The largest absolute Gasteiger partial charge is 0.469 e. The highest BCUT2D eigenvalue weighted by Gasteiger charge is 2.07. The van der Waals surface area contributed by atoms with Crippen LogP contribution in [0.5, 0.6) is 0 Å². The number of carbonyl (C=O) groups is 1. The number of thiazole rings is 1. The fourth-order valence-electron chi connectivity index (χ4n) is 1.10. The van der Waals surface area contributed by atoms with Crippen LogP contribution >= 0.6 is 11.3 Å². The standard InChI is InChI=1S/C11H18N2O2S/c1-4-8(2)6-12-11-13-9(7-16-11)5-10(14)15-3/h7-8H,4-6H2,1-3H3,(H,12,13). The SMILES string of the molecule is CCC(C)CNc1nc(CC(=O)OC)cs1. The smallest absolute Gasteiger partial charge is 0.311 e. The van der Waals surface area contributed by atoms with Crippen molar-refractivity contribution in [1.29, 1.82) is 0 Å². The van der Waals surface area contributed by atoms with Crippen LogP contribution < -0.4 is 5.32 Å². The number of rotatable bonds is 6. The molecule has 0 radical (unpaired) electrons. The van der Waals surface area contributed by atoms with Crippen LogP contribution in [-0.2, 0) is 16.0 Å². The van der Waals surface area contributed by atoms with E-state index in [4.69, 9.17) is 0 Å². The molecule has 0 aliphatic rings. The molecule has 16 heavy (non-hydrogen) atoms. The van der Waals surface area contributed by atoms with Crippen LogP contribution in [-0.4, -0.2) is 24.6 Å². The highest BCUT2D eigenvalue weighted by Crippen LogP contribution is 2.16. The van der Waals surface area contributed by atoms with Gasteiger partial charge < -0.3 is 10.1 Å². The quantitative estimate of drug-likeness (QED) is 0.778. The highest BCUT2D eigenvalue weighted by atomic mass is 32.1. The number of hydrogen-bond donors (Lipinski definition) is 1. The second-order valence-corrected chi connectivity index (χ2v) is 4.65. The third kappa shape index (κ3) is 4.18. The Balaban J connectivity index is 2.42. The molecule has 90 valence electrons. The molecule has 0 bridgehead atoms. The Morgan fingerprint density at radius 1 is 1.69 bits per heavy atom. The fourth-order valence-corrected chi connectivity index (χ4v) is 1.82. The number of carbonyl (C=O) groups excluding carboxylic acids is 1. The summed E-state index contributed by atoms with van der Waals surface area (Å²) in [4.78, 5) is 15.3. The average Bonchev–Trinajstić information content (AvgIpc) is 2.73. The number of aromatic nitrogens is 1. The van der Waals surface area contributed by atoms with Gasteiger partial charge in [0.1, 0.15) is 0 Å². The average molecular weight is 242 g/mol. The van der Waals surface area contributed by atoms with Gasteiger partial charge in [-0.2, -0.15) is 0 Å². The number of hydrogen-bond acceptors (Lipinski definition) is 5. The Morgan fingerprint density at radius 2 is 2.44 bits per heavy atom. The molecule has 0 aliphatic carbocycles. The molecule has 0 fully saturated rings. The minimum atomic E-state index is -0.251. The number of anilines is 1. The van der Waals surface area contributed by atoms with E-state index in [9.17, 15) is 4.79 Å². The summed E-state index contributed by atoms with van der Waals surface area (Å²) in [5.74, 6) is 0.381. The molecule has 1 aromatic rings. The van der Waals surface area contributed by atoms with E-state index in [2.05, 4.69) is 28.9 Å². The third-order valence-corrected chi connectivity index (χ3v) is 3.25. The zero-order valence-electron chi connectivity index (χ0n) is 9.95. The maximum absolute atomic E-state index is 11.0. The molecule has 1 rings (SSSR count). The predicted octanol–water partition coefficient (Wildman–Crippen LogP) is 2.32. The van der Waals surface area contributed by atoms with Crippen LogP contribution in [0.15, 0.2) is 5.38 Å². The van der Waals surface area contributed by atoms with Crippen LogP contribution in [0.4, 0.5) is 5.13 Å². The molecular formula is C11H18N2O2S. The molecule has 4 nitrogen and oxygen atoms in total. The molecule has 1 N–H and O–H groups in total. The molecule has 0 saturated heterocycles. The summed E-state index contributed by atoms with van der Waals surface area (Å²) in [6, 6.07) is 0. The lowest BCUT2D eigenvalue weighted by molar-refractivity contribution is -0.139. The molecule has 0 spiro atoms. The van der Waals surface area contributed by atoms with Crippen molar-refractivity contribution in [3.8, 4) is 0 Å². The normalized spacial score (nSPS) is 12.2. The summed E-state index contributed by atoms with van der Waals surface area (Å²) < 4.78 is 4.58. The van der Waals surface area contributed by atoms with E-state index in [0.29, 0.717) is 5.92 Å². The van der Waals surface area contributed by atoms with Crippen molar-refractivity contribution in [3.05, 3.63) is 11.1 Å². The molecular weight excluding hydrogens is 224 g/mol. The monoisotopic (exact) mass is 242 g/mol. The van der Waals surface area contributed by atoms with E-state index in [1.54, 1.807) is 0 Å². The van der Waals surface area contributed by atoms with Crippen LogP contribution in [0.25, 0.3) is 0 Å². The number of methoxy groups -OCH3 is 1. The van der Waals surface area contributed by atoms with Crippen LogP contribution in [0, 0.1) is 5.92 Å². The van der Waals surface area contributed by atoms with Gasteiger partial charge in [-0.05, 0) is 5.92 Å². The first kappa shape index (κ1) is 13.0. The maximum Gasteiger partial charge on any atom is 0.311 e. The summed E-state index contributed by atoms with van der Waals surface area (Å²) in [6.45, 7) is 5.27. The van der Waals surface area contributed by atoms with Crippen LogP contribution in [0.3, 0.4) is 0 Å². The first-order chi connectivity index (χ1) is 7.65. The molecule has 0 aliphatic heterocycles. The molecule has 1 aromatic heterocycles. The summed E-state index contributed by atoms with van der Waals surface area (Å²) >= 11 is 1.52. The molecule has 0 aromatic carbocycles. The van der Waals surface area contributed by atoms with Crippen molar-refractivity contribution in [2.45, 2.75) is 26.7 Å². The van der Waals surface area contributed by atoms with Crippen LogP contribution in [0.1, 0.15) is 26.0 Å². The van der Waals surface area contributed by atoms with Gasteiger partial charge in [-0.25, -0.2) is 4.98 Å². The summed E-state index contributed by atoms with van der Waals surface area (Å²) in [6.07, 6.45) is 1.39. The summed E-state index contributed by atoms with van der Waals surface area (Å²) in [7, 11) is 1.39. The Bertz CT molecular complexity index is 338. The predicted molar refractivity (Wildman–Crippen MR) is 65.8 cm³/mol. The molecule has 1 heterocycles. The lowest BCUT2D eigenvalue weighted by atomic mass is 10.1. The molecule has 0 saturated carbocycles. The zero-order chi connectivity index (χ0) is 12.0. The Hall–Kier alpha value is -1.10. The molecule has 1 atom stereocenters. The van der Waals surface area contributed by atoms with Crippen molar-refractivity contribution in [3.63, 3.8) is 0 Å². The minimum Gasteiger partial charge on any atom is -0.469 e. The van der Waals surface area contributed by atoms with Gasteiger partial charge in [0.15, 0.2) is 5.13 Å². The van der Waals surface area contributed by atoms with Crippen molar-refractivity contribution in [1.82, 2.24) is 4.98 Å². The third-order valence-electron chi connectivity index (χ3n) is 2.40. The number of ether oxygens (including phenoxy) is 1. The van der Waals surface area contributed by atoms with Crippen LogP contribution in [0.2, 0.25) is 0 Å². The van der Waals surface area contributed by atoms with E-state index in [1.807, 2.05) is 5.38 Å². The van der Waals surface area contributed by atoms with Gasteiger partial charge in [0.25, 0.3) is 0 Å². The van der Waals surface area contributed by atoms with Crippen molar-refractivity contribution in [2.24, 2.45) is 5.92 Å². The second kappa shape index (κ2) is 6.48. The van der Waals surface area contributed by atoms with Gasteiger partial charge in [0.05, 0.1) is 19.2 Å². The van der Waals surface area contributed by atoms with E-state index in [-0.39, 0.29) is 12.4 Å². The second-order valence-electron chi connectivity index (χ2n) is 3.79. The molecule has 5 heteroatoms. The number of esters is 1. The van der Waals surface area contributed by atoms with E-state index in [0.717, 1.165) is 23.8 Å². The minimum absolute atomic E-state index is 0.248. The van der Waals surface area contributed by atoms with Gasteiger partial charge in [0.2, 0.25) is 0 Å². The van der Waals surface area contributed by atoms with E-state index >= 15 is 0 Å². The Kier molecular flexibility index (Phi) is 5.25. The Labute approximate surface area is 100 Å². The lowest BCUT2D eigenvalue weighted by Gasteiger charge is -2.08. The lowest BCUT2D eigenvalue weighted by Crippen LogP contribution is -2.10. The van der Waals surface area contributed by atoms with Gasteiger partial charge in [-0.1, -0.05) is 20.3 Å². The number of nitrogens with zero attached hydrogens (tertiary/aromatic N) is 1. The van der Waals surface area contributed by atoms with Gasteiger partial charge in [-0.3, -0.25) is 4.79 Å². The number of nitrogens with one attached hydrogen (secondary N) is 1. The van der Waals surface area contributed by atoms with Crippen molar-refractivity contribution >= 4 is 22.4 Å². The molecule has 0 amide bonds. The van der Waals surface area contributed by atoms with Crippen molar-refractivity contribution in [2.75, 3.05) is 19.0 Å². The van der Waals surface area contributed by atoms with E-state index < -0.39 is 0 Å². The van der Waals surface area contributed by atoms with Crippen molar-refractivity contribution < 1.29 is 9.53 Å². The Morgan fingerprint density at radius 3 is 3.06 bits per heavy atom. The zero-order valence-corrected chi connectivity index (χ0v) is 10.8. The fraction of sp³-hybridized carbons (Fsp3) is 0.636. The van der Waals surface area contributed by atoms with Gasteiger partial charge in [-0.15, -0.1) is 11.3 Å². The molecule has 1 unspecified atom stereocenters. The topological polar surface area (TPSA) is 51.2 Å². The van der Waals surface area contributed by atoms with Gasteiger partial charge >= 0.3 is 5.97 Å². The summed E-state index contributed by atoms with van der Waals surface area (Å²) in [5.41, 5.74) is 0.767. The first-order valence-corrected chi connectivity index (χ1v) is 6.28. The maximum atomic E-state index is 11.0. The summed E-state index contributed by atoms with van der Waals surface area (Å²) in [5, 5.41) is 6.02. The van der Waals surface area contributed by atoms with E-state index in [1.165, 1.54) is 18.4 Å². The van der Waals surface area contributed by atoms with Gasteiger partial charge in [0, 0.05) is 11.9 Å². The highest BCUT2D eigenvalue weighted by molar-refractivity contribution is 7.13.